The van der Waals surface area contributed by atoms with Gasteiger partial charge in [0.05, 0.1) is 6.10 Å². The topological polar surface area (TPSA) is 35.2 Å². The van der Waals surface area contributed by atoms with Gasteiger partial charge in [-0.05, 0) is 25.7 Å². The summed E-state index contributed by atoms with van der Waals surface area (Å²) in [5.74, 6) is 0. The molecule has 0 spiro atoms. The van der Waals surface area contributed by atoms with Crippen LogP contribution in [0.3, 0.4) is 0 Å². The second kappa shape index (κ2) is 4.02. The number of rotatable bonds is 4. The van der Waals surface area contributed by atoms with Gasteiger partial charge in [-0.3, -0.25) is 0 Å². The highest BCUT2D eigenvalue weighted by molar-refractivity contribution is 7.80. The molecular formula is C8H15NOS. The van der Waals surface area contributed by atoms with Crippen molar-refractivity contribution in [3.8, 4) is 0 Å². The molecule has 11 heavy (non-hydrogen) atoms. The maximum Gasteiger partial charge on any atom is 0.107 e. The highest BCUT2D eigenvalue weighted by Crippen LogP contribution is 2.23. The molecule has 1 unspecified atom stereocenters. The molecule has 2 N–H and O–H groups in total. The van der Waals surface area contributed by atoms with Gasteiger partial charge in [-0.25, -0.2) is 0 Å². The summed E-state index contributed by atoms with van der Waals surface area (Å²) in [4.78, 5) is 0.499. The second-order valence-electron chi connectivity index (χ2n) is 2.99. The molecule has 1 fully saturated rings. The Hall–Kier alpha value is -0.150. The van der Waals surface area contributed by atoms with Gasteiger partial charge in [0.1, 0.15) is 11.1 Å². The van der Waals surface area contributed by atoms with Crippen LogP contribution in [0.1, 0.15) is 32.6 Å². The van der Waals surface area contributed by atoms with E-state index in [0.717, 1.165) is 6.42 Å². The van der Waals surface area contributed by atoms with Gasteiger partial charge < -0.3 is 10.5 Å². The molecule has 2 nitrogen and oxygen atoms in total. The number of thiocarbonyl (C=S) groups is 1. The van der Waals surface area contributed by atoms with Crippen LogP contribution in [0.5, 0.6) is 0 Å². The van der Waals surface area contributed by atoms with Crippen molar-refractivity contribution in [2.45, 2.75) is 44.8 Å². The number of ether oxygens (including phenoxy) is 1. The fourth-order valence-electron chi connectivity index (χ4n) is 1.10. The van der Waals surface area contributed by atoms with Crippen molar-refractivity contribution in [1.82, 2.24) is 0 Å². The zero-order valence-electron chi connectivity index (χ0n) is 6.88. The molecule has 0 saturated heterocycles. The molecule has 0 heterocycles. The summed E-state index contributed by atoms with van der Waals surface area (Å²) in [5, 5.41) is 0. The number of hydrogen-bond acceptors (Lipinski definition) is 2. The first kappa shape index (κ1) is 8.94. The van der Waals surface area contributed by atoms with Crippen LogP contribution in [0.2, 0.25) is 0 Å². The monoisotopic (exact) mass is 173 g/mol. The molecule has 1 saturated carbocycles. The molecule has 0 bridgehead atoms. The quantitative estimate of drug-likeness (QED) is 0.656. The lowest BCUT2D eigenvalue weighted by molar-refractivity contribution is -0.0226. The number of nitrogens with two attached hydrogens (primary N) is 1. The predicted molar refractivity (Wildman–Crippen MR) is 49.6 cm³/mol. The van der Waals surface area contributed by atoms with Crippen LogP contribution in [0.25, 0.3) is 0 Å². The van der Waals surface area contributed by atoms with Crippen molar-refractivity contribution >= 4 is 17.2 Å². The van der Waals surface area contributed by atoms with Gasteiger partial charge in [-0.15, -0.1) is 0 Å². The minimum absolute atomic E-state index is 0.00954. The minimum Gasteiger partial charge on any atom is -0.391 e. The van der Waals surface area contributed by atoms with Gasteiger partial charge in [0, 0.05) is 0 Å². The fraction of sp³-hybridized carbons (Fsp3) is 0.875. The summed E-state index contributed by atoms with van der Waals surface area (Å²) in [6.07, 6.45) is 4.99. The Balaban J connectivity index is 2.24. The zero-order chi connectivity index (χ0) is 8.27. The average Bonchev–Trinajstić information content (AvgIpc) is 1.85. The van der Waals surface area contributed by atoms with Gasteiger partial charge in [-0.2, -0.15) is 0 Å². The lowest BCUT2D eigenvalue weighted by Gasteiger charge is -2.29. The van der Waals surface area contributed by atoms with E-state index in [9.17, 15) is 0 Å². The van der Waals surface area contributed by atoms with Gasteiger partial charge in [0.2, 0.25) is 0 Å². The molecule has 1 aliphatic carbocycles. The summed E-state index contributed by atoms with van der Waals surface area (Å²) in [7, 11) is 0. The molecule has 0 aromatic heterocycles. The van der Waals surface area contributed by atoms with Crippen molar-refractivity contribution in [1.29, 1.82) is 0 Å². The van der Waals surface area contributed by atoms with Crippen LogP contribution in [0.4, 0.5) is 0 Å². The Bertz CT molecular complexity index is 145. The molecule has 0 radical (unpaired) electrons. The Morgan fingerprint density at radius 3 is 2.64 bits per heavy atom. The van der Waals surface area contributed by atoms with Crippen LogP contribution in [-0.2, 0) is 4.74 Å². The third-order valence-electron chi connectivity index (χ3n) is 2.10. The van der Waals surface area contributed by atoms with Crippen LogP contribution >= 0.6 is 12.2 Å². The van der Waals surface area contributed by atoms with Crippen LogP contribution < -0.4 is 5.73 Å². The fourth-order valence-corrected chi connectivity index (χ4v) is 1.33. The van der Waals surface area contributed by atoms with E-state index in [4.69, 9.17) is 22.7 Å². The molecule has 1 rings (SSSR count). The number of hydrogen-bond donors (Lipinski definition) is 1. The van der Waals surface area contributed by atoms with Gasteiger partial charge >= 0.3 is 0 Å². The lowest BCUT2D eigenvalue weighted by atomic mass is 9.96. The molecule has 1 atom stereocenters. The minimum atomic E-state index is 0.00954. The van der Waals surface area contributed by atoms with E-state index in [0.29, 0.717) is 11.1 Å². The maximum absolute atomic E-state index is 5.63. The molecule has 64 valence electrons. The van der Waals surface area contributed by atoms with Gasteiger partial charge in [-0.1, -0.05) is 19.1 Å². The average molecular weight is 173 g/mol. The van der Waals surface area contributed by atoms with Crippen molar-refractivity contribution < 1.29 is 4.74 Å². The highest BCUT2D eigenvalue weighted by atomic mass is 32.1. The maximum atomic E-state index is 5.63. The molecule has 1 aliphatic rings. The van der Waals surface area contributed by atoms with E-state index in [1.807, 2.05) is 6.92 Å². The highest BCUT2D eigenvalue weighted by Gasteiger charge is 2.22. The largest absolute Gasteiger partial charge is 0.391 e. The standard InChI is InChI=1S/C8H15NOS/c1-2-7(8(9)11)10-6-4-3-5-6/h6-7H,2-5H2,1H3,(H2,9,11). The summed E-state index contributed by atoms with van der Waals surface area (Å²) in [6.45, 7) is 2.04. The lowest BCUT2D eigenvalue weighted by Crippen LogP contribution is -2.35. The summed E-state index contributed by atoms with van der Waals surface area (Å²) in [6, 6.07) is 0. The summed E-state index contributed by atoms with van der Waals surface area (Å²) >= 11 is 4.86. The van der Waals surface area contributed by atoms with E-state index >= 15 is 0 Å². The van der Waals surface area contributed by atoms with E-state index in [-0.39, 0.29) is 6.10 Å². The Morgan fingerprint density at radius 1 is 1.73 bits per heavy atom. The second-order valence-corrected chi connectivity index (χ2v) is 3.46. The third kappa shape index (κ3) is 2.42. The van der Waals surface area contributed by atoms with E-state index in [1.165, 1.54) is 19.3 Å². The molecule has 3 heteroatoms. The summed E-state index contributed by atoms with van der Waals surface area (Å²) < 4.78 is 5.63. The van der Waals surface area contributed by atoms with Crippen LogP contribution in [0, 0.1) is 0 Å². The predicted octanol–water partition coefficient (Wildman–Crippen LogP) is 1.62. The van der Waals surface area contributed by atoms with Crippen molar-refractivity contribution in [2.24, 2.45) is 5.73 Å². The van der Waals surface area contributed by atoms with E-state index < -0.39 is 0 Å². The van der Waals surface area contributed by atoms with Crippen molar-refractivity contribution in [3.63, 3.8) is 0 Å². The van der Waals surface area contributed by atoms with Crippen LogP contribution in [0.15, 0.2) is 0 Å². The van der Waals surface area contributed by atoms with E-state index in [1.54, 1.807) is 0 Å². The molecule has 0 aliphatic heterocycles. The normalized spacial score (nSPS) is 20.8. The third-order valence-corrected chi connectivity index (χ3v) is 2.36. The Labute approximate surface area is 73.1 Å². The van der Waals surface area contributed by atoms with Gasteiger partial charge in [0.25, 0.3) is 0 Å². The Morgan fingerprint density at radius 2 is 2.36 bits per heavy atom. The first-order chi connectivity index (χ1) is 5.24. The Kier molecular flexibility index (Phi) is 3.27. The van der Waals surface area contributed by atoms with Crippen molar-refractivity contribution in [3.05, 3.63) is 0 Å². The molecule has 0 amide bonds. The summed E-state index contributed by atoms with van der Waals surface area (Å²) in [5.41, 5.74) is 5.48. The SMILES string of the molecule is CCC(OC1CCC1)C(N)=S. The molecule has 0 aromatic rings. The van der Waals surface area contributed by atoms with E-state index in [2.05, 4.69) is 0 Å². The molecule has 0 aromatic carbocycles. The molecular weight excluding hydrogens is 158 g/mol. The smallest absolute Gasteiger partial charge is 0.107 e. The first-order valence-electron chi connectivity index (χ1n) is 4.18. The zero-order valence-corrected chi connectivity index (χ0v) is 7.69. The van der Waals surface area contributed by atoms with Crippen LogP contribution in [-0.4, -0.2) is 17.2 Å². The van der Waals surface area contributed by atoms with Crippen molar-refractivity contribution in [2.75, 3.05) is 0 Å². The van der Waals surface area contributed by atoms with Gasteiger partial charge in [0.15, 0.2) is 0 Å². The first-order valence-corrected chi connectivity index (χ1v) is 4.59.